The van der Waals surface area contributed by atoms with Gasteiger partial charge in [-0.2, -0.15) is 0 Å². The number of benzene rings is 1. The Balaban J connectivity index is 1.87. The van der Waals surface area contributed by atoms with Crippen LogP contribution in [0.1, 0.15) is 32.2 Å². The van der Waals surface area contributed by atoms with Gasteiger partial charge >= 0.3 is 0 Å². The number of hydrogen-bond acceptors (Lipinski definition) is 3. The third-order valence-electron chi connectivity index (χ3n) is 4.07. The lowest BCUT2D eigenvalue weighted by Crippen LogP contribution is -2.26. The zero-order valence-corrected chi connectivity index (χ0v) is 14.5. The Bertz CT molecular complexity index is 975. The fraction of sp³-hybridized carbons (Fsp3) is 0.150. The summed E-state index contributed by atoms with van der Waals surface area (Å²) in [4.78, 5) is 29.2. The molecule has 0 spiro atoms. The Kier molecular flexibility index (Phi) is 5.12. The molecule has 0 saturated carbocycles. The molecule has 0 aliphatic carbocycles. The number of aromatic nitrogens is 2. The van der Waals surface area contributed by atoms with Gasteiger partial charge in [-0.1, -0.05) is 36.4 Å². The van der Waals surface area contributed by atoms with Gasteiger partial charge in [0.1, 0.15) is 0 Å². The molecule has 0 fully saturated rings. The van der Waals surface area contributed by atoms with Gasteiger partial charge < -0.3 is 10.6 Å². The number of fused-ring (bicyclic) bond motifs is 1. The lowest BCUT2D eigenvalue weighted by atomic mass is 10.1. The van der Waals surface area contributed by atoms with Crippen molar-refractivity contribution in [2.75, 3.05) is 6.54 Å². The van der Waals surface area contributed by atoms with Crippen molar-refractivity contribution in [1.82, 2.24) is 20.0 Å². The molecular formula is C20H20N4O2. The molecule has 0 saturated heterocycles. The van der Waals surface area contributed by atoms with Gasteiger partial charge in [0.15, 0.2) is 5.69 Å². The van der Waals surface area contributed by atoms with E-state index in [2.05, 4.69) is 22.2 Å². The van der Waals surface area contributed by atoms with Crippen LogP contribution in [0.4, 0.5) is 0 Å². The van der Waals surface area contributed by atoms with E-state index >= 15 is 0 Å². The second-order valence-electron chi connectivity index (χ2n) is 5.85. The summed E-state index contributed by atoms with van der Waals surface area (Å²) in [7, 11) is 0. The van der Waals surface area contributed by atoms with Crippen molar-refractivity contribution in [3.8, 4) is 0 Å². The molecule has 6 nitrogen and oxygen atoms in total. The van der Waals surface area contributed by atoms with Gasteiger partial charge in [0.25, 0.3) is 11.8 Å². The number of pyridine rings is 1. The number of hydrogen-bond donors (Lipinski definition) is 2. The fourth-order valence-electron chi connectivity index (χ4n) is 2.68. The lowest BCUT2D eigenvalue weighted by Gasteiger charge is -2.07. The van der Waals surface area contributed by atoms with Gasteiger partial charge in [0.05, 0.1) is 5.52 Å². The van der Waals surface area contributed by atoms with Crippen LogP contribution in [0.5, 0.6) is 0 Å². The molecule has 3 aromatic rings. The first kappa shape index (κ1) is 17.4. The van der Waals surface area contributed by atoms with Crippen LogP contribution in [0.3, 0.4) is 0 Å². The minimum absolute atomic E-state index is 0.179. The lowest BCUT2D eigenvalue weighted by molar-refractivity contribution is 0.0940. The molecule has 2 aromatic heterocycles. The second kappa shape index (κ2) is 7.65. The third-order valence-corrected chi connectivity index (χ3v) is 4.07. The normalized spacial score (nSPS) is 10.5. The van der Waals surface area contributed by atoms with Crippen LogP contribution < -0.4 is 10.6 Å². The number of rotatable bonds is 6. The van der Waals surface area contributed by atoms with Gasteiger partial charge in [0, 0.05) is 19.3 Å². The van der Waals surface area contributed by atoms with Gasteiger partial charge in [-0.25, -0.2) is 4.98 Å². The van der Waals surface area contributed by atoms with Crippen LogP contribution in [-0.4, -0.2) is 27.7 Å². The zero-order chi connectivity index (χ0) is 18.5. The highest BCUT2D eigenvalue weighted by Gasteiger charge is 2.21. The first-order chi connectivity index (χ1) is 12.6. The Hall–Kier alpha value is -3.41. The predicted octanol–water partition coefficient (Wildman–Crippen LogP) is 2.49. The molecule has 0 radical (unpaired) electrons. The Morgan fingerprint density at radius 1 is 1.12 bits per heavy atom. The number of nitrogens with one attached hydrogen (secondary N) is 2. The molecule has 2 amide bonds. The molecule has 6 heteroatoms. The molecular weight excluding hydrogens is 328 g/mol. The smallest absolute Gasteiger partial charge is 0.287 e. The van der Waals surface area contributed by atoms with Crippen molar-refractivity contribution in [1.29, 1.82) is 0 Å². The van der Waals surface area contributed by atoms with Crippen LogP contribution in [-0.2, 0) is 6.54 Å². The summed E-state index contributed by atoms with van der Waals surface area (Å²) in [6, 6.07) is 13.2. The molecule has 0 atom stereocenters. The first-order valence-corrected chi connectivity index (χ1v) is 8.30. The van der Waals surface area contributed by atoms with Crippen LogP contribution in [0.25, 0.3) is 5.52 Å². The third kappa shape index (κ3) is 3.49. The zero-order valence-electron chi connectivity index (χ0n) is 14.5. The number of imidazole rings is 1. The molecule has 0 aliphatic heterocycles. The van der Waals surface area contributed by atoms with Crippen molar-refractivity contribution in [2.45, 2.75) is 13.5 Å². The Morgan fingerprint density at radius 3 is 2.65 bits per heavy atom. The maximum Gasteiger partial charge on any atom is 0.287 e. The number of amides is 2. The van der Waals surface area contributed by atoms with E-state index in [-0.39, 0.29) is 23.3 Å². The molecule has 0 aliphatic rings. The van der Waals surface area contributed by atoms with Gasteiger partial charge in [-0.15, -0.1) is 6.58 Å². The SMILES string of the molecule is C=CCNC(=O)c1nc(C(=O)NCc2ccccc2C)n2ccccc12. The summed E-state index contributed by atoms with van der Waals surface area (Å²) in [6.45, 7) is 6.30. The van der Waals surface area contributed by atoms with Crippen molar-refractivity contribution in [3.63, 3.8) is 0 Å². The maximum atomic E-state index is 12.7. The number of aryl methyl sites for hydroxylation is 1. The van der Waals surface area contributed by atoms with Gasteiger partial charge in [-0.05, 0) is 30.2 Å². The van der Waals surface area contributed by atoms with Gasteiger partial charge in [-0.3, -0.25) is 14.0 Å². The molecule has 1 aromatic carbocycles. The molecule has 26 heavy (non-hydrogen) atoms. The van der Waals surface area contributed by atoms with Crippen LogP contribution in [0.2, 0.25) is 0 Å². The van der Waals surface area contributed by atoms with Gasteiger partial charge in [0.2, 0.25) is 5.82 Å². The molecule has 0 unspecified atom stereocenters. The highest BCUT2D eigenvalue weighted by atomic mass is 16.2. The average molecular weight is 348 g/mol. The van der Waals surface area contributed by atoms with E-state index in [1.165, 1.54) is 0 Å². The highest BCUT2D eigenvalue weighted by molar-refractivity contribution is 6.02. The Morgan fingerprint density at radius 2 is 1.88 bits per heavy atom. The van der Waals surface area contributed by atoms with Crippen LogP contribution in [0.15, 0.2) is 61.3 Å². The van der Waals surface area contributed by atoms with E-state index in [9.17, 15) is 9.59 Å². The number of carbonyl (C=O) groups is 2. The van der Waals surface area contributed by atoms with E-state index in [1.54, 1.807) is 34.9 Å². The van der Waals surface area contributed by atoms with E-state index in [1.807, 2.05) is 31.2 Å². The maximum absolute atomic E-state index is 12.7. The summed E-state index contributed by atoms with van der Waals surface area (Å²) >= 11 is 0. The van der Waals surface area contributed by atoms with Crippen molar-refractivity contribution in [3.05, 3.63) is 84.0 Å². The fourth-order valence-corrected chi connectivity index (χ4v) is 2.68. The quantitative estimate of drug-likeness (QED) is 0.672. The van der Waals surface area contributed by atoms with Crippen LogP contribution in [0, 0.1) is 6.92 Å². The topological polar surface area (TPSA) is 75.5 Å². The van der Waals surface area contributed by atoms with E-state index < -0.39 is 0 Å². The summed E-state index contributed by atoms with van der Waals surface area (Å²) in [6.07, 6.45) is 3.31. The number of carbonyl (C=O) groups excluding carboxylic acids is 2. The van der Waals surface area contributed by atoms with E-state index in [4.69, 9.17) is 0 Å². The standard InChI is InChI=1S/C20H20N4O2/c1-3-11-21-19(25)17-16-10-6-7-12-24(16)18(23-17)20(26)22-13-15-9-5-4-8-14(15)2/h3-10,12H,1,11,13H2,2H3,(H,21,25)(H,22,26). The Labute approximate surface area is 151 Å². The summed E-state index contributed by atoms with van der Waals surface area (Å²) < 4.78 is 1.62. The van der Waals surface area contributed by atoms with Crippen molar-refractivity contribution >= 4 is 17.3 Å². The van der Waals surface area contributed by atoms with Crippen LogP contribution >= 0.6 is 0 Å². The molecule has 0 bridgehead atoms. The minimum Gasteiger partial charge on any atom is -0.347 e. The predicted molar refractivity (Wildman–Crippen MR) is 100 cm³/mol. The molecule has 2 heterocycles. The number of nitrogens with zero attached hydrogens (tertiary/aromatic N) is 2. The summed E-state index contributed by atoms with van der Waals surface area (Å²) in [5, 5.41) is 5.57. The summed E-state index contributed by atoms with van der Waals surface area (Å²) in [5.74, 6) is -0.498. The monoisotopic (exact) mass is 348 g/mol. The van der Waals surface area contributed by atoms with Crippen molar-refractivity contribution in [2.24, 2.45) is 0 Å². The van der Waals surface area contributed by atoms with E-state index in [0.717, 1.165) is 11.1 Å². The second-order valence-corrected chi connectivity index (χ2v) is 5.85. The molecule has 132 valence electrons. The highest BCUT2D eigenvalue weighted by Crippen LogP contribution is 2.14. The van der Waals surface area contributed by atoms with Crippen molar-refractivity contribution < 1.29 is 9.59 Å². The summed E-state index contributed by atoms with van der Waals surface area (Å²) in [5.41, 5.74) is 2.93. The minimum atomic E-state index is -0.341. The average Bonchev–Trinajstić information content (AvgIpc) is 3.05. The van der Waals surface area contributed by atoms with E-state index in [0.29, 0.717) is 18.6 Å². The molecule has 2 N–H and O–H groups in total. The first-order valence-electron chi connectivity index (χ1n) is 8.30. The molecule has 3 rings (SSSR count). The largest absolute Gasteiger partial charge is 0.347 e.